The zero-order chi connectivity index (χ0) is 71.6. The van der Waals surface area contributed by atoms with Gasteiger partial charge in [-0.1, -0.05) is 27.7 Å². The number of nitrogens with one attached hydrogen (secondary N) is 15. The maximum absolute atomic E-state index is 14.4. The normalized spacial score (nSPS) is 17.4. The molecule has 0 aromatic heterocycles. The van der Waals surface area contributed by atoms with Gasteiger partial charge in [-0.3, -0.25) is 72.5 Å². The highest BCUT2D eigenvalue weighted by Gasteiger charge is 2.42. The number of carboxylic acids is 1. The lowest BCUT2D eigenvalue weighted by molar-refractivity contribution is -0.143. The van der Waals surface area contributed by atoms with Crippen LogP contribution in [-0.4, -0.2) is 257 Å². The summed E-state index contributed by atoms with van der Waals surface area (Å²) >= 11 is 17.8. The molecule has 2 aliphatic heterocycles. The number of primary amides is 1. The van der Waals surface area contributed by atoms with Crippen molar-refractivity contribution in [2.24, 2.45) is 23.3 Å². The number of guanidine groups is 1. The summed E-state index contributed by atoms with van der Waals surface area (Å²) < 4.78 is 0. The predicted molar refractivity (Wildman–Crippen MR) is 361 cm³/mol. The molecule has 2 heterocycles. The Hall–Kier alpha value is -7.01. The smallest absolute Gasteiger partial charge is 0.326 e. The fraction of sp³-hybridized carbons (Fsp3) is 0.709. The average Bonchev–Trinajstić information content (AvgIpc) is 1.77. The summed E-state index contributed by atoms with van der Waals surface area (Å²) in [5.41, 5.74) is 10.5. The minimum absolute atomic E-state index is 0.0239. The highest BCUT2D eigenvalue weighted by Crippen LogP contribution is 2.22. The first-order valence-corrected chi connectivity index (χ1v) is 34.5. The van der Waals surface area contributed by atoms with E-state index in [1.54, 1.807) is 34.0 Å². The Bertz CT molecular complexity index is 2700. The molecule has 35 nitrogen and oxygen atoms in total. The Morgan fingerprint density at radius 3 is 1.55 bits per heavy atom. The highest BCUT2D eigenvalue weighted by molar-refractivity contribution is 7.98. The van der Waals surface area contributed by atoms with E-state index >= 15 is 0 Å². The Morgan fingerprint density at radius 2 is 1.05 bits per heavy atom. The van der Waals surface area contributed by atoms with Gasteiger partial charge in [0.2, 0.25) is 82.7 Å². The molecule has 0 saturated carbocycles. The number of rotatable bonds is 43. The molecule has 0 bridgehead atoms. The molecule has 2 fully saturated rings. The van der Waals surface area contributed by atoms with Gasteiger partial charge in [0.25, 0.3) is 0 Å². The fourth-order valence-corrected chi connectivity index (χ4v) is 11.0. The van der Waals surface area contributed by atoms with E-state index in [9.17, 15) is 82.1 Å². The van der Waals surface area contributed by atoms with E-state index in [0.717, 1.165) is 6.42 Å². The number of thiol groups is 4. The van der Waals surface area contributed by atoms with Crippen LogP contribution in [0.15, 0.2) is 0 Å². The summed E-state index contributed by atoms with van der Waals surface area (Å²) in [6, 6.07) is -15.5. The van der Waals surface area contributed by atoms with Crippen LogP contribution < -0.4 is 85.9 Å². The van der Waals surface area contributed by atoms with Gasteiger partial charge >= 0.3 is 5.97 Å². The molecular weight excluding hydrogens is 1350 g/mol. The molecular formula is C55H94N18O17S5. The van der Waals surface area contributed by atoms with Gasteiger partial charge in [-0.15, -0.1) is 0 Å². The first kappa shape index (κ1) is 84.1. The topological polar surface area (TPSA) is 544 Å². The van der Waals surface area contributed by atoms with Gasteiger partial charge in [0.15, 0.2) is 5.96 Å². The Morgan fingerprint density at radius 1 is 0.568 bits per heavy atom. The summed E-state index contributed by atoms with van der Waals surface area (Å²) in [7, 11) is 0. The molecule has 536 valence electrons. The van der Waals surface area contributed by atoms with Gasteiger partial charge < -0.3 is 101 Å². The van der Waals surface area contributed by atoms with Crippen LogP contribution in [0.3, 0.4) is 0 Å². The van der Waals surface area contributed by atoms with Crippen LogP contribution in [0.5, 0.6) is 0 Å². The summed E-state index contributed by atoms with van der Waals surface area (Å²) in [5.74, 6) is -15.4. The minimum atomic E-state index is -1.71. The lowest BCUT2D eigenvalue weighted by Gasteiger charge is -2.32. The van der Waals surface area contributed by atoms with E-state index in [-0.39, 0.29) is 80.1 Å². The number of aliphatic hydroxyl groups excluding tert-OH is 1. The molecule has 0 unspecified atom stereocenters. The first-order valence-electron chi connectivity index (χ1n) is 30.6. The number of aliphatic hydroxyl groups is 1. The van der Waals surface area contributed by atoms with Crippen molar-refractivity contribution in [3.05, 3.63) is 0 Å². The Balaban J connectivity index is 2.19. The van der Waals surface area contributed by atoms with Crippen LogP contribution in [0.2, 0.25) is 0 Å². The number of nitrogens with two attached hydrogens (primary N) is 2. The van der Waals surface area contributed by atoms with Gasteiger partial charge in [-0.2, -0.15) is 62.3 Å². The lowest BCUT2D eigenvalue weighted by atomic mass is 10.0. The Kier molecular flexibility index (Phi) is 38.9. The van der Waals surface area contributed by atoms with Crippen LogP contribution in [0.1, 0.15) is 85.5 Å². The number of likely N-dealkylation sites (tertiary alicyclic amines) is 1. The molecule has 0 aromatic rings. The number of carboxylic acid groups (broad SMARTS) is 1. The van der Waals surface area contributed by atoms with Crippen molar-refractivity contribution in [3.63, 3.8) is 0 Å². The minimum Gasteiger partial charge on any atom is -0.480 e. The number of hydrogen-bond acceptors (Lipinski definition) is 23. The molecule has 2 aliphatic rings. The maximum atomic E-state index is 14.4. The van der Waals surface area contributed by atoms with Crippen molar-refractivity contribution in [1.82, 2.24) is 79.3 Å². The van der Waals surface area contributed by atoms with Gasteiger partial charge in [0, 0.05) is 36.1 Å². The molecule has 12 atom stereocenters. The third-order valence-corrected chi connectivity index (χ3v) is 16.7. The fourth-order valence-electron chi connectivity index (χ4n) is 9.49. The third kappa shape index (κ3) is 29.9. The van der Waals surface area contributed by atoms with Crippen molar-refractivity contribution < 1.29 is 82.1 Å². The number of nitrogens with zero attached hydrogens (tertiary/aromatic N) is 1. The van der Waals surface area contributed by atoms with E-state index < -0.39 is 193 Å². The molecule has 40 heteroatoms. The standard InChI is InChI=1S/C55H94N18O17S5/c1-26(2)17-31(66-52(87)38-11-8-15-73(38)53(88)42(27(3)4)72-51(86)37(25-94)70-48(83)33(21-74)68-44(79)28-9-6-13-59-28)47(82)65-30(12-16-95-5)46(81)64-29(10-7-14-60-55(57)58)45(80)69-34(22-91)43(78)62-19-40(76)61-20-41(77)63-35(23-92)49(84)71-36(24-93)50(85)67-32(54(89)90)18-39(56)75/h26-38,42,59,74,91-94H,6-25H2,1-5H3,(H2,56,75)(H,61,76)(H,62,78)(H,63,77)(H,64,81)(H,65,82)(H,66,87)(H,67,85)(H,68,79)(H,69,80)(H,70,83)(H,71,84)(H,72,86)(H,89,90)(H4,57,58,60)/t28-,29-,30-,31-,32-,33-,34-,35-,36-,37-,38-,42-/m0/s1. The summed E-state index contributed by atoms with van der Waals surface area (Å²) in [5, 5.41) is 61.8. The molecule has 0 spiro atoms. The second kappa shape index (κ2) is 43.9. The van der Waals surface area contributed by atoms with Crippen molar-refractivity contribution in [2.45, 2.75) is 158 Å². The zero-order valence-corrected chi connectivity index (χ0v) is 57.9. The average molecular weight is 1440 g/mol. The summed E-state index contributed by atoms with van der Waals surface area (Å²) in [6.07, 6.45) is 2.96. The van der Waals surface area contributed by atoms with Gasteiger partial charge in [-0.25, -0.2) is 4.79 Å². The van der Waals surface area contributed by atoms with Gasteiger partial charge in [-0.05, 0) is 81.8 Å². The van der Waals surface area contributed by atoms with Gasteiger partial charge in [0.05, 0.1) is 32.2 Å². The van der Waals surface area contributed by atoms with Crippen molar-refractivity contribution >= 4 is 157 Å². The van der Waals surface area contributed by atoms with Crippen molar-refractivity contribution in [1.29, 1.82) is 5.41 Å². The van der Waals surface area contributed by atoms with E-state index in [1.807, 2.05) is 0 Å². The van der Waals surface area contributed by atoms with Crippen LogP contribution >= 0.6 is 62.3 Å². The summed E-state index contributed by atoms with van der Waals surface area (Å²) in [6.45, 7) is 5.46. The SMILES string of the molecule is CSCC[C@H](NC(=O)[C@H](CC(C)C)NC(=O)[C@@H]1CCCN1C(=O)[C@@H](NC(=O)[C@H](CS)NC(=O)[C@H](CO)NC(=O)[C@@H]1CCCN1)C(C)C)C(=O)N[C@@H](CCCNC(=N)N)C(=O)N[C@@H](CS)C(=O)NCC(=O)NCC(=O)N[C@@H](CS)C(=O)N[C@@H](CS)C(=O)N[C@@H](CC(N)=O)C(=O)O. The summed E-state index contributed by atoms with van der Waals surface area (Å²) in [4.78, 5) is 199. The molecule has 95 heavy (non-hydrogen) atoms. The number of carbonyl (C=O) groups excluding carboxylic acids is 14. The molecule has 2 rings (SSSR count). The third-order valence-electron chi connectivity index (χ3n) is 14.6. The molecule has 0 aliphatic carbocycles. The highest BCUT2D eigenvalue weighted by atomic mass is 32.2. The van der Waals surface area contributed by atoms with E-state index in [1.165, 1.54) is 16.7 Å². The number of thioether (sulfide) groups is 1. The quantitative estimate of drug-likeness (QED) is 0.0117. The number of hydrogen-bond donors (Lipinski definition) is 23. The molecule has 21 N–H and O–H groups in total. The second-order valence-corrected chi connectivity index (χ2v) is 25.4. The lowest BCUT2D eigenvalue weighted by Crippen LogP contribution is -2.61. The van der Waals surface area contributed by atoms with Crippen molar-refractivity contribution in [3.8, 4) is 0 Å². The van der Waals surface area contributed by atoms with Crippen LogP contribution in [-0.2, 0) is 71.9 Å². The number of amides is 14. The maximum Gasteiger partial charge on any atom is 0.326 e. The zero-order valence-electron chi connectivity index (χ0n) is 53.5. The van der Waals surface area contributed by atoms with Crippen molar-refractivity contribution in [2.75, 3.05) is 74.4 Å². The van der Waals surface area contributed by atoms with E-state index in [2.05, 4.69) is 125 Å². The molecule has 0 radical (unpaired) electrons. The Labute approximate surface area is 576 Å². The largest absolute Gasteiger partial charge is 0.480 e. The van der Waals surface area contributed by atoms with E-state index in [0.29, 0.717) is 25.1 Å². The molecule has 0 aromatic carbocycles. The molecule has 2 saturated heterocycles. The van der Waals surface area contributed by atoms with Crippen LogP contribution in [0.25, 0.3) is 0 Å². The van der Waals surface area contributed by atoms with Gasteiger partial charge in [0.1, 0.15) is 66.5 Å². The predicted octanol–water partition coefficient (Wildman–Crippen LogP) is -7.80. The van der Waals surface area contributed by atoms with Crippen LogP contribution in [0, 0.1) is 17.2 Å². The van der Waals surface area contributed by atoms with Crippen LogP contribution in [0.4, 0.5) is 0 Å². The number of aliphatic carboxylic acids is 1. The monoisotopic (exact) mass is 1440 g/mol. The first-order chi connectivity index (χ1) is 44.9. The molecule has 14 amide bonds. The second-order valence-electron chi connectivity index (χ2n) is 23.0. The number of carbonyl (C=O) groups is 15. The van der Waals surface area contributed by atoms with E-state index in [4.69, 9.17) is 16.9 Å².